The minimum atomic E-state index is -0.409. The van der Waals surface area contributed by atoms with Gasteiger partial charge in [0.05, 0.1) is 0 Å². The molecule has 3 rings (SSSR count). The average molecular weight is 366 g/mol. The monoisotopic (exact) mass is 366 g/mol. The van der Waals surface area contributed by atoms with Gasteiger partial charge in [-0.2, -0.15) is 0 Å². The Bertz CT molecular complexity index is 907. The Morgan fingerprint density at radius 1 is 0.962 bits per heavy atom. The smallest absolute Gasteiger partial charge is 0.269 e. The van der Waals surface area contributed by atoms with Crippen molar-refractivity contribution in [3.8, 4) is 5.75 Å². The molecule has 2 aromatic carbocycles. The van der Waals surface area contributed by atoms with Crippen molar-refractivity contribution in [2.45, 2.75) is 13.5 Å². The first-order valence-electron chi connectivity index (χ1n) is 8.05. The lowest BCUT2D eigenvalue weighted by Gasteiger charge is -2.10. The van der Waals surface area contributed by atoms with Crippen molar-refractivity contribution >= 4 is 23.2 Å². The number of carbonyl (C=O) groups excluding carboxylic acids is 2. The molecule has 2 amide bonds. The highest BCUT2D eigenvalue weighted by Crippen LogP contribution is 2.17. The first-order valence-corrected chi connectivity index (χ1v) is 8.93. The second-order valence-corrected chi connectivity index (χ2v) is 6.65. The van der Waals surface area contributed by atoms with Gasteiger partial charge in [0, 0.05) is 16.0 Å². The van der Waals surface area contributed by atoms with E-state index in [2.05, 4.69) is 10.9 Å². The SMILES string of the molecule is Cc1ccccc1C(=O)NNC(=O)c1cccc(OCc2cccs2)c1. The molecule has 2 N–H and O–H groups in total. The third-order valence-electron chi connectivity index (χ3n) is 3.74. The van der Waals surface area contributed by atoms with Crippen LogP contribution in [-0.4, -0.2) is 11.8 Å². The molecule has 0 fully saturated rings. The van der Waals surface area contributed by atoms with Gasteiger partial charge in [0.2, 0.25) is 0 Å². The Morgan fingerprint density at radius 3 is 2.54 bits per heavy atom. The number of nitrogens with one attached hydrogen (secondary N) is 2. The topological polar surface area (TPSA) is 67.4 Å². The summed E-state index contributed by atoms with van der Waals surface area (Å²) in [6.07, 6.45) is 0. The standard InChI is InChI=1S/C20H18N2O3S/c1-14-6-2-3-10-18(14)20(24)22-21-19(23)15-7-4-8-16(12-15)25-13-17-9-5-11-26-17/h2-12H,13H2,1H3,(H,21,23)(H,22,24). The zero-order valence-electron chi connectivity index (χ0n) is 14.2. The van der Waals surface area contributed by atoms with E-state index >= 15 is 0 Å². The Labute approximate surface area is 155 Å². The lowest BCUT2D eigenvalue weighted by atomic mass is 10.1. The van der Waals surface area contributed by atoms with Crippen LogP contribution in [0.4, 0.5) is 0 Å². The van der Waals surface area contributed by atoms with Crippen LogP contribution >= 0.6 is 11.3 Å². The summed E-state index contributed by atoms with van der Waals surface area (Å²) in [5.41, 5.74) is 6.62. The van der Waals surface area contributed by atoms with E-state index in [1.165, 1.54) is 0 Å². The first-order chi connectivity index (χ1) is 12.6. The third-order valence-corrected chi connectivity index (χ3v) is 4.59. The number of ether oxygens (including phenoxy) is 1. The van der Waals surface area contributed by atoms with Crippen LogP contribution in [0.2, 0.25) is 0 Å². The van der Waals surface area contributed by atoms with Crippen LogP contribution in [-0.2, 0) is 6.61 Å². The Morgan fingerprint density at radius 2 is 1.77 bits per heavy atom. The molecule has 0 aliphatic heterocycles. The second kappa shape index (κ2) is 8.31. The van der Waals surface area contributed by atoms with Gasteiger partial charge in [0.25, 0.3) is 11.8 Å². The van der Waals surface area contributed by atoms with Gasteiger partial charge in [-0.15, -0.1) is 11.3 Å². The summed E-state index contributed by atoms with van der Waals surface area (Å²) in [4.78, 5) is 25.5. The molecule has 0 bridgehead atoms. The highest BCUT2D eigenvalue weighted by molar-refractivity contribution is 7.09. The van der Waals surface area contributed by atoms with Crippen molar-refractivity contribution in [2.75, 3.05) is 0 Å². The van der Waals surface area contributed by atoms with E-state index in [9.17, 15) is 9.59 Å². The van der Waals surface area contributed by atoms with Gasteiger partial charge in [-0.1, -0.05) is 30.3 Å². The summed E-state index contributed by atoms with van der Waals surface area (Å²) in [5.74, 6) is -0.175. The summed E-state index contributed by atoms with van der Waals surface area (Å²) < 4.78 is 5.69. The van der Waals surface area contributed by atoms with E-state index in [0.717, 1.165) is 10.4 Å². The van der Waals surface area contributed by atoms with Crippen molar-refractivity contribution < 1.29 is 14.3 Å². The van der Waals surface area contributed by atoms with Crippen molar-refractivity contribution in [3.05, 3.63) is 87.6 Å². The fourth-order valence-corrected chi connectivity index (χ4v) is 2.97. The zero-order valence-corrected chi connectivity index (χ0v) is 15.0. The Balaban J connectivity index is 1.58. The summed E-state index contributed by atoms with van der Waals surface area (Å²) in [6, 6.07) is 18.0. The fraction of sp³-hybridized carbons (Fsp3) is 0.100. The maximum absolute atomic E-state index is 12.3. The Hall–Kier alpha value is -3.12. The van der Waals surface area contributed by atoms with Crippen molar-refractivity contribution in [1.29, 1.82) is 0 Å². The minimum absolute atomic E-state index is 0.360. The van der Waals surface area contributed by atoms with Gasteiger partial charge in [-0.05, 0) is 48.2 Å². The molecule has 0 radical (unpaired) electrons. The van der Waals surface area contributed by atoms with Crippen LogP contribution in [0.3, 0.4) is 0 Å². The summed E-state index contributed by atoms with van der Waals surface area (Å²) in [7, 11) is 0. The lowest BCUT2D eigenvalue weighted by molar-refractivity contribution is 0.0846. The highest BCUT2D eigenvalue weighted by atomic mass is 32.1. The molecule has 1 heterocycles. The molecule has 6 heteroatoms. The first kappa shape index (κ1) is 17.7. The van der Waals surface area contributed by atoms with E-state index in [-0.39, 0.29) is 5.91 Å². The highest BCUT2D eigenvalue weighted by Gasteiger charge is 2.11. The number of hydrogen-bond donors (Lipinski definition) is 2. The van der Waals surface area contributed by atoms with Crippen LogP contribution in [0.1, 0.15) is 31.2 Å². The van der Waals surface area contributed by atoms with E-state index < -0.39 is 5.91 Å². The maximum Gasteiger partial charge on any atom is 0.269 e. The van der Waals surface area contributed by atoms with Gasteiger partial charge >= 0.3 is 0 Å². The molecule has 0 unspecified atom stereocenters. The van der Waals surface area contributed by atoms with Crippen LogP contribution in [0.25, 0.3) is 0 Å². The number of benzene rings is 2. The number of hydrogen-bond acceptors (Lipinski definition) is 4. The van der Waals surface area contributed by atoms with Crippen molar-refractivity contribution in [2.24, 2.45) is 0 Å². The fourth-order valence-electron chi connectivity index (χ4n) is 2.36. The van der Waals surface area contributed by atoms with Gasteiger partial charge in [-0.3, -0.25) is 20.4 Å². The molecule has 0 aliphatic carbocycles. The van der Waals surface area contributed by atoms with Gasteiger partial charge in [-0.25, -0.2) is 0 Å². The zero-order chi connectivity index (χ0) is 18.4. The molecular formula is C20H18N2O3S. The molecular weight excluding hydrogens is 348 g/mol. The summed E-state index contributed by atoms with van der Waals surface area (Å²) in [5, 5.41) is 1.99. The number of amides is 2. The van der Waals surface area contributed by atoms with E-state index in [4.69, 9.17) is 4.74 Å². The van der Waals surface area contributed by atoms with Crippen LogP contribution in [0.15, 0.2) is 66.0 Å². The molecule has 0 spiro atoms. The Kier molecular flexibility index (Phi) is 5.66. The largest absolute Gasteiger partial charge is 0.488 e. The maximum atomic E-state index is 12.3. The van der Waals surface area contributed by atoms with Gasteiger partial charge in [0.1, 0.15) is 12.4 Å². The van der Waals surface area contributed by atoms with Crippen LogP contribution in [0, 0.1) is 6.92 Å². The predicted molar refractivity (Wildman–Crippen MR) is 101 cm³/mol. The molecule has 132 valence electrons. The molecule has 5 nitrogen and oxygen atoms in total. The molecule has 26 heavy (non-hydrogen) atoms. The van der Waals surface area contributed by atoms with E-state index in [1.807, 2.05) is 36.6 Å². The molecule has 3 aromatic rings. The molecule has 0 saturated heterocycles. The average Bonchev–Trinajstić information content (AvgIpc) is 3.18. The molecule has 0 atom stereocenters. The number of aryl methyl sites for hydroxylation is 1. The lowest BCUT2D eigenvalue weighted by Crippen LogP contribution is -2.41. The number of hydrazine groups is 1. The summed E-state index contributed by atoms with van der Waals surface area (Å²) in [6.45, 7) is 2.29. The quantitative estimate of drug-likeness (QED) is 0.677. The van der Waals surface area contributed by atoms with Crippen LogP contribution < -0.4 is 15.6 Å². The normalized spacial score (nSPS) is 10.2. The number of carbonyl (C=O) groups is 2. The number of thiophene rings is 1. The second-order valence-electron chi connectivity index (χ2n) is 5.62. The van der Waals surface area contributed by atoms with Crippen molar-refractivity contribution in [3.63, 3.8) is 0 Å². The molecule has 1 aromatic heterocycles. The van der Waals surface area contributed by atoms with Crippen LogP contribution in [0.5, 0.6) is 5.75 Å². The molecule has 0 saturated carbocycles. The predicted octanol–water partition coefficient (Wildman–Crippen LogP) is 3.71. The van der Waals surface area contributed by atoms with E-state index in [1.54, 1.807) is 47.7 Å². The van der Waals surface area contributed by atoms with Gasteiger partial charge in [0.15, 0.2) is 0 Å². The van der Waals surface area contributed by atoms with E-state index in [0.29, 0.717) is 23.5 Å². The minimum Gasteiger partial charge on any atom is -0.488 e. The molecule has 0 aliphatic rings. The third kappa shape index (κ3) is 4.49. The number of rotatable bonds is 5. The van der Waals surface area contributed by atoms with Gasteiger partial charge < -0.3 is 4.74 Å². The summed E-state index contributed by atoms with van der Waals surface area (Å²) >= 11 is 1.61. The van der Waals surface area contributed by atoms with Crippen molar-refractivity contribution in [1.82, 2.24) is 10.9 Å².